The molecule has 168 valence electrons. The summed E-state index contributed by atoms with van der Waals surface area (Å²) in [4.78, 5) is 25.6. The van der Waals surface area contributed by atoms with E-state index in [0.717, 1.165) is 22.7 Å². The van der Waals surface area contributed by atoms with Gasteiger partial charge in [0, 0.05) is 5.56 Å². The van der Waals surface area contributed by atoms with Crippen LogP contribution in [0.2, 0.25) is 0 Å². The largest absolute Gasteiger partial charge is 0.494 e. The molecule has 0 bridgehead atoms. The van der Waals surface area contributed by atoms with Gasteiger partial charge in [0.05, 0.1) is 11.5 Å². The number of carbonyl (C=O) groups is 2. The van der Waals surface area contributed by atoms with Crippen LogP contribution in [0.3, 0.4) is 0 Å². The maximum Gasteiger partial charge on any atom is 0.285 e. The number of thiocarbonyl (C=S) groups is 1. The molecule has 0 aliphatic carbocycles. The molecule has 2 aromatic carbocycles. The minimum atomic E-state index is -0.380. The molecule has 0 aromatic heterocycles. The van der Waals surface area contributed by atoms with Crippen molar-refractivity contribution in [1.82, 2.24) is 10.4 Å². The molecule has 1 aliphatic heterocycles. The summed E-state index contributed by atoms with van der Waals surface area (Å²) in [5.74, 6) is 0.0982. The molecule has 1 saturated heterocycles. The highest BCUT2D eigenvalue weighted by Crippen LogP contribution is 2.31. The van der Waals surface area contributed by atoms with Crippen LogP contribution in [-0.4, -0.2) is 27.8 Å². The molecule has 0 unspecified atom stereocenters. The molecule has 2 amide bonds. The zero-order valence-corrected chi connectivity index (χ0v) is 19.8. The van der Waals surface area contributed by atoms with Crippen molar-refractivity contribution in [1.29, 1.82) is 0 Å². The molecule has 2 aromatic rings. The molecule has 1 heterocycles. The van der Waals surface area contributed by atoms with E-state index in [1.165, 1.54) is 43.9 Å². The lowest BCUT2D eigenvalue weighted by Crippen LogP contribution is -2.44. The van der Waals surface area contributed by atoms with Crippen LogP contribution in [0.1, 0.15) is 61.4 Å². The molecule has 7 heteroatoms. The average molecular weight is 469 g/mol. The molecule has 0 atom stereocenters. The van der Waals surface area contributed by atoms with Gasteiger partial charge in [0.15, 0.2) is 4.32 Å². The van der Waals surface area contributed by atoms with E-state index in [2.05, 4.69) is 12.3 Å². The highest BCUT2D eigenvalue weighted by atomic mass is 32.2. The summed E-state index contributed by atoms with van der Waals surface area (Å²) in [7, 11) is 0. The SMILES string of the molecule is CCCCCCCCOc1ccc(C=C2SC(=S)N(NC(=O)c3ccccc3)C2=O)cc1. The Labute approximate surface area is 199 Å². The normalized spacial score (nSPS) is 14.8. The van der Waals surface area contributed by atoms with Crippen LogP contribution in [0.4, 0.5) is 0 Å². The number of nitrogens with one attached hydrogen (secondary N) is 1. The van der Waals surface area contributed by atoms with E-state index < -0.39 is 0 Å². The number of thioether (sulfide) groups is 1. The number of ether oxygens (including phenoxy) is 1. The van der Waals surface area contributed by atoms with E-state index in [1.807, 2.05) is 30.3 Å². The van der Waals surface area contributed by atoms with Crippen LogP contribution in [0, 0.1) is 0 Å². The van der Waals surface area contributed by atoms with E-state index in [4.69, 9.17) is 17.0 Å². The number of amides is 2. The Morgan fingerprint density at radius 3 is 2.44 bits per heavy atom. The lowest BCUT2D eigenvalue weighted by atomic mass is 10.1. The fraction of sp³-hybridized carbons (Fsp3) is 0.320. The first kappa shape index (κ1) is 24.0. The average Bonchev–Trinajstić information content (AvgIpc) is 3.07. The predicted octanol–water partition coefficient (Wildman–Crippen LogP) is 5.97. The van der Waals surface area contributed by atoms with Crippen molar-refractivity contribution in [3.8, 4) is 5.75 Å². The third-order valence-electron chi connectivity index (χ3n) is 4.99. The highest BCUT2D eigenvalue weighted by Gasteiger charge is 2.33. The first-order valence-corrected chi connectivity index (χ1v) is 12.2. The summed E-state index contributed by atoms with van der Waals surface area (Å²) in [6, 6.07) is 16.3. The Hall–Kier alpha value is -2.64. The third kappa shape index (κ3) is 6.93. The maximum absolute atomic E-state index is 12.7. The van der Waals surface area contributed by atoms with E-state index in [1.54, 1.807) is 30.3 Å². The lowest BCUT2D eigenvalue weighted by Gasteiger charge is -2.15. The first-order valence-electron chi connectivity index (χ1n) is 11.0. The Bertz CT molecular complexity index is 959. The molecule has 0 radical (unpaired) electrons. The van der Waals surface area contributed by atoms with Gasteiger partial charge in [0.1, 0.15) is 5.75 Å². The summed E-state index contributed by atoms with van der Waals surface area (Å²) in [6.45, 7) is 2.93. The minimum absolute atomic E-state index is 0.296. The van der Waals surface area contributed by atoms with Crippen molar-refractivity contribution in [2.24, 2.45) is 0 Å². The second kappa shape index (κ2) is 12.4. The number of hydrogen-bond donors (Lipinski definition) is 1. The summed E-state index contributed by atoms with van der Waals surface area (Å²) in [5.41, 5.74) is 3.91. The van der Waals surface area contributed by atoms with Gasteiger partial charge in [-0.1, -0.05) is 81.1 Å². The number of benzene rings is 2. The van der Waals surface area contributed by atoms with Crippen LogP contribution >= 0.6 is 24.0 Å². The zero-order valence-electron chi connectivity index (χ0n) is 18.2. The Kier molecular flexibility index (Phi) is 9.31. The quantitative estimate of drug-likeness (QED) is 0.250. The molecule has 1 N–H and O–H groups in total. The summed E-state index contributed by atoms with van der Waals surface area (Å²) >= 11 is 6.45. The summed E-state index contributed by atoms with van der Waals surface area (Å²) in [6.07, 6.45) is 9.15. The minimum Gasteiger partial charge on any atom is -0.494 e. The topological polar surface area (TPSA) is 58.6 Å². The Balaban J connectivity index is 1.51. The first-order chi connectivity index (χ1) is 15.6. The van der Waals surface area contributed by atoms with E-state index in [-0.39, 0.29) is 11.8 Å². The second-order valence-electron chi connectivity index (χ2n) is 7.51. The van der Waals surface area contributed by atoms with Crippen molar-refractivity contribution < 1.29 is 14.3 Å². The van der Waals surface area contributed by atoms with Crippen molar-refractivity contribution >= 4 is 46.2 Å². The number of hydrazine groups is 1. The van der Waals surface area contributed by atoms with Gasteiger partial charge in [-0.3, -0.25) is 15.0 Å². The van der Waals surface area contributed by atoms with Gasteiger partial charge < -0.3 is 4.74 Å². The van der Waals surface area contributed by atoms with Crippen LogP contribution < -0.4 is 10.2 Å². The van der Waals surface area contributed by atoms with Crippen molar-refractivity contribution in [2.75, 3.05) is 6.61 Å². The zero-order chi connectivity index (χ0) is 22.8. The van der Waals surface area contributed by atoms with Gasteiger partial charge in [-0.2, -0.15) is 5.01 Å². The predicted molar refractivity (Wildman–Crippen MR) is 134 cm³/mol. The molecule has 1 aliphatic rings. The van der Waals surface area contributed by atoms with Crippen LogP contribution in [-0.2, 0) is 4.79 Å². The molecular weight excluding hydrogens is 440 g/mol. The number of unbranched alkanes of at least 4 members (excludes halogenated alkanes) is 5. The van der Waals surface area contributed by atoms with Gasteiger partial charge in [0.25, 0.3) is 11.8 Å². The second-order valence-corrected chi connectivity index (χ2v) is 9.19. The number of carbonyl (C=O) groups excluding carboxylic acids is 2. The molecule has 0 saturated carbocycles. The van der Waals surface area contributed by atoms with Gasteiger partial charge in [0.2, 0.25) is 0 Å². The number of nitrogens with zero attached hydrogens (tertiary/aromatic N) is 1. The van der Waals surface area contributed by atoms with Gasteiger partial charge in [-0.05, 0) is 54.5 Å². The van der Waals surface area contributed by atoms with Crippen LogP contribution in [0.5, 0.6) is 5.75 Å². The molecule has 0 spiro atoms. The maximum atomic E-state index is 12.7. The van der Waals surface area contributed by atoms with E-state index >= 15 is 0 Å². The summed E-state index contributed by atoms with van der Waals surface area (Å²) < 4.78 is 6.10. The molecule has 3 rings (SSSR count). The molecular formula is C25H28N2O3S2. The summed E-state index contributed by atoms with van der Waals surface area (Å²) in [5, 5.41) is 1.12. The van der Waals surface area contributed by atoms with Crippen LogP contribution in [0.15, 0.2) is 59.5 Å². The molecule has 32 heavy (non-hydrogen) atoms. The lowest BCUT2D eigenvalue weighted by molar-refractivity contribution is -0.123. The molecule has 1 fully saturated rings. The third-order valence-corrected chi connectivity index (χ3v) is 6.29. The van der Waals surface area contributed by atoms with Crippen molar-refractivity contribution in [2.45, 2.75) is 45.4 Å². The standard InChI is InChI=1S/C25H28N2O3S2/c1-2-3-4-5-6-10-17-30-21-15-13-19(14-16-21)18-22-24(29)27(25(31)32-22)26-23(28)20-11-8-7-9-12-20/h7-9,11-16,18H,2-6,10,17H2,1H3,(H,26,28). The van der Waals surface area contributed by atoms with Gasteiger partial charge in [-0.15, -0.1) is 0 Å². The van der Waals surface area contributed by atoms with E-state index in [9.17, 15) is 9.59 Å². The smallest absolute Gasteiger partial charge is 0.285 e. The number of rotatable bonds is 11. The Morgan fingerprint density at radius 1 is 1.03 bits per heavy atom. The van der Waals surface area contributed by atoms with Crippen molar-refractivity contribution in [3.63, 3.8) is 0 Å². The fourth-order valence-corrected chi connectivity index (χ4v) is 4.38. The monoisotopic (exact) mass is 468 g/mol. The number of hydrogen-bond acceptors (Lipinski definition) is 5. The fourth-order valence-electron chi connectivity index (χ4n) is 3.20. The van der Waals surface area contributed by atoms with Crippen LogP contribution in [0.25, 0.3) is 6.08 Å². The Morgan fingerprint density at radius 2 is 1.72 bits per heavy atom. The van der Waals surface area contributed by atoms with E-state index in [0.29, 0.717) is 21.4 Å². The van der Waals surface area contributed by atoms with Gasteiger partial charge >= 0.3 is 0 Å². The van der Waals surface area contributed by atoms with Gasteiger partial charge in [-0.25, -0.2) is 0 Å². The highest BCUT2D eigenvalue weighted by molar-refractivity contribution is 8.26. The molecule has 5 nitrogen and oxygen atoms in total. The van der Waals surface area contributed by atoms with Crippen molar-refractivity contribution in [3.05, 3.63) is 70.6 Å².